The number of hydrogen-bond acceptors (Lipinski definition) is 4. The van der Waals surface area contributed by atoms with Gasteiger partial charge in [0.15, 0.2) is 0 Å². The van der Waals surface area contributed by atoms with Crippen LogP contribution in [-0.4, -0.2) is 57.6 Å². The molecule has 7 heteroatoms. The molecule has 2 aromatic rings. The Bertz CT molecular complexity index is 905. The van der Waals surface area contributed by atoms with Gasteiger partial charge < -0.3 is 9.80 Å². The van der Waals surface area contributed by atoms with E-state index in [4.69, 9.17) is 0 Å². The van der Waals surface area contributed by atoms with Gasteiger partial charge >= 0.3 is 0 Å². The molecule has 27 heavy (non-hydrogen) atoms. The predicted octanol–water partition coefficient (Wildman–Crippen LogP) is 1.50. The zero-order chi connectivity index (χ0) is 19.6. The molecule has 2 heterocycles. The van der Waals surface area contributed by atoms with E-state index in [-0.39, 0.29) is 17.2 Å². The molecular formula is C20H26N4O3. The van der Waals surface area contributed by atoms with Gasteiger partial charge in [0.1, 0.15) is 0 Å². The normalized spacial score (nSPS) is 15.2. The summed E-state index contributed by atoms with van der Waals surface area (Å²) in [4.78, 5) is 40.4. The molecule has 1 aromatic carbocycles. The van der Waals surface area contributed by atoms with Gasteiger partial charge in [0, 0.05) is 43.4 Å². The van der Waals surface area contributed by atoms with E-state index < -0.39 is 5.41 Å². The second kappa shape index (κ2) is 7.50. The second-order valence-electron chi connectivity index (χ2n) is 7.92. The largest absolute Gasteiger partial charge is 0.339 e. The molecule has 0 unspecified atom stereocenters. The van der Waals surface area contributed by atoms with E-state index >= 15 is 0 Å². The van der Waals surface area contributed by atoms with Crippen LogP contribution in [0.15, 0.2) is 35.3 Å². The first kappa shape index (κ1) is 19.1. The molecule has 0 N–H and O–H groups in total. The summed E-state index contributed by atoms with van der Waals surface area (Å²) in [6.07, 6.45) is 1.61. The Balaban J connectivity index is 1.59. The topological polar surface area (TPSA) is 75.5 Å². The van der Waals surface area contributed by atoms with Crippen molar-refractivity contribution in [1.29, 1.82) is 0 Å². The number of nitrogens with zero attached hydrogens (tertiary/aromatic N) is 4. The van der Waals surface area contributed by atoms with Gasteiger partial charge in [-0.3, -0.25) is 19.1 Å². The number of carbonyl (C=O) groups excluding carboxylic acids is 2. The molecule has 1 aliphatic rings. The Morgan fingerprint density at radius 3 is 2.33 bits per heavy atom. The molecule has 1 aliphatic heterocycles. The van der Waals surface area contributed by atoms with Gasteiger partial charge in [0.2, 0.25) is 17.2 Å². The molecule has 0 aliphatic carbocycles. The molecule has 0 saturated carbocycles. The standard InChI is InChI=1S/C20H26N4O3/c1-20(2,3)19(27)23-12-10-22(11-13-23)18(26)8-9-24-16-7-5-4-6-15(16)17(25)14-21-24/h4-7,14H,8-13H2,1-3H3. The van der Waals surface area contributed by atoms with Crippen LogP contribution < -0.4 is 5.43 Å². The highest BCUT2D eigenvalue weighted by molar-refractivity contribution is 5.82. The first-order valence-electron chi connectivity index (χ1n) is 9.29. The van der Waals surface area contributed by atoms with Crippen LogP contribution in [0.1, 0.15) is 27.2 Å². The van der Waals surface area contributed by atoms with Gasteiger partial charge in [-0.15, -0.1) is 0 Å². The van der Waals surface area contributed by atoms with E-state index in [0.29, 0.717) is 44.5 Å². The van der Waals surface area contributed by atoms with Crippen molar-refractivity contribution in [2.24, 2.45) is 5.41 Å². The first-order chi connectivity index (χ1) is 12.8. The molecule has 1 fully saturated rings. The fourth-order valence-electron chi connectivity index (χ4n) is 3.33. The highest BCUT2D eigenvalue weighted by Gasteiger charge is 2.30. The Kier molecular flexibility index (Phi) is 5.30. The highest BCUT2D eigenvalue weighted by Crippen LogP contribution is 2.19. The lowest BCUT2D eigenvalue weighted by molar-refractivity contribution is -0.145. The third-order valence-electron chi connectivity index (χ3n) is 4.86. The zero-order valence-corrected chi connectivity index (χ0v) is 16.1. The summed E-state index contributed by atoms with van der Waals surface area (Å²) in [5.74, 6) is 0.168. The summed E-state index contributed by atoms with van der Waals surface area (Å²) in [7, 11) is 0. The average Bonchev–Trinajstić information content (AvgIpc) is 2.66. The number of fused-ring (bicyclic) bond motifs is 1. The number of hydrogen-bond donors (Lipinski definition) is 0. The Labute approximate surface area is 158 Å². The Morgan fingerprint density at radius 1 is 1.04 bits per heavy atom. The number of amides is 2. The van der Waals surface area contributed by atoms with Crippen molar-refractivity contribution < 1.29 is 9.59 Å². The summed E-state index contributed by atoms with van der Waals surface area (Å²) in [6, 6.07) is 7.28. The number of aromatic nitrogens is 2. The molecular weight excluding hydrogens is 344 g/mol. The number of benzene rings is 1. The van der Waals surface area contributed by atoms with E-state index in [9.17, 15) is 14.4 Å². The van der Waals surface area contributed by atoms with Gasteiger partial charge in [0.05, 0.1) is 18.3 Å². The maximum Gasteiger partial charge on any atom is 0.228 e. The van der Waals surface area contributed by atoms with Crippen molar-refractivity contribution in [2.75, 3.05) is 26.2 Å². The minimum absolute atomic E-state index is 0.0439. The number of para-hydroxylation sites is 1. The van der Waals surface area contributed by atoms with Crippen molar-refractivity contribution in [3.63, 3.8) is 0 Å². The minimum Gasteiger partial charge on any atom is -0.339 e. The quantitative estimate of drug-likeness (QED) is 0.821. The van der Waals surface area contributed by atoms with Crippen LogP contribution in [0, 0.1) is 5.41 Å². The summed E-state index contributed by atoms with van der Waals surface area (Å²) in [5, 5.41) is 4.77. The van der Waals surface area contributed by atoms with Crippen LogP contribution in [-0.2, 0) is 16.1 Å². The fourth-order valence-corrected chi connectivity index (χ4v) is 3.33. The van der Waals surface area contributed by atoms with Crippen molar-refractivity contribution in [2.45, 2.75) is 33.7 Å². The lowest BCUT2D eigenvalue weighted by atomic mass is 9.94. The van der Waals surface area contributed by atoms with Crippen LogP contribution in [0.3, 0.4) is 0 Å². The van der Waals surface area contributed by atoms with E-state index in [1.165, 1.54) is 6.20 Å². The molecule has 7 nitrogen and oxygen atoms in total. The van der Waals surface area contributed by atoms with E-state index in [1.807, 2.05) is 43.9 Å². The molecule has 0 atom stereocenters. The summed E-state index contributed by atoms with van der Waals surface area (Å²) in [5.41, 5.74) is 0.217. The van der Waals surface area contributed by atoms with Crippen LogP contribution >= 0.6 is 0 Å². The second-order valence-corrected chi connectivity index (χ2v) is 7.92. The number of rotatable bonds is 3. The Morgan fingerprint density at radius 2 is 1.67 bits per heavy atom. The molecule has 2 amide bonds. The zero-order valence-electron chi connectivity index (χ0n) is 16.1. The van der Waals surface area contributed by atoms with Gasteiger partial charge in [-0.05, 0) is 12.1 Å². The average molecular weight is 370 g/mol. The number of piperazine rings is 1. The van der Waals surface area contributed by atoms with Crippen LogP contribution in [0.4, 0.5) is 0 Å². The monoisotopic (exact) mass is 370 g/mol. The molecule has 1 aromatic heterocycles. The summed E-state index contributed by atoms with van der Waals surface area (Å²) < 4.78 is 1.70. The Hall–Kier alpha value is -2.70. The predicted molar refractivity (Wildman–Crippen MR) is 103 cm³/mol. The van der Waals surface area contributed by atoms with Crippen molar-refractivity contribution in [3.8, 4) is 0 Å². The SMILES string of the molecule is CC(C)(C)C(=O)N1CCN(C(=O)CCn2ncc(=O)c3ccccc32)CC1. The maximum atomic E-state index is 12.6. The molecule has 3 rings (SSSR count). The fraction of sp³-hybridized carbons (Fsp3) is 0.500. The third kappa shape index (κ3) is 4.18. The lowest BCUT2D eigenvalue weighted by Gasteiger charge is -2.37. The molecule has 1 saturated heterocycles. The smallest absolute Gasteiger partial charge is 0.228 e. The minimum atomic E-state index is -0.400. The first-order valence-corrected chi connectivity index (χ1v) is 9.29. The van der Waals surface area contributed by atoms with Gasteiger partial charge in [-0.1, -0.05) is 32.9 Å². The summed E-state index contributed by atoms with van der Waals surface area (Å²) >= 11 is 0. The third-order valence-corrected chi connectivity index (χ3v) is 4.86. The van der Waals surface area contributed by atoms with Gasteiger partial charge in [-0.25, -0.2) is 0 Å². The number of carbonyl (C=O) groups is 2. The maximum absolute atomic E-state index is 12.6. The van der Waals surface area contributed by atoms with Crippen LogP contribution in [0.2, 0.25) is 0 Å². The van der Waals surface area contributed by atoms with E-state index in [0.717, 1.165) is 5.52 Å². The molecule has 144 valence electrons. The van der Waals surface area contributed by atoms with E-state index in [1.54, 1.807) is 15.6 Å². The van der Waals surface area contributed by atoms with Crippen LogP contribution in [0.25, 0.3) is 10.9 Å². The molecule has 0 spiro atoms. The van der Waals surface area contributed by atoms with Crippen LogP contribution in [0.5, 0.6) is 0 Å². The van der Waals surface area contributed by atoms with E-state index in [2.05, 4.69) is 5.10 Å². The van der Waals surface area contributed by atoms with Crippen molar-refractivity contribution >= 4 is 22.7 Å². The van der Waals surface area contributed by atoms with Crippen molar-refractivity contribution in [3.05, 3.63) is 40.7 Å². The van der Waals surface area contributed by atoms with Gasteiger partial charge in [-0.2, -0.15) is 5.10 Å². The number of aryl methyl sites for hydroxylation is 1. The lowest BCUT2D eigenvalue weighted by Crippen LogP contribution is -2.53. The highest BCUT2D eigenvalue weighted by atomic mass is 16.2. The summed E-state index contributed by atoms with van der Waals surface area (Å²) in [6.45, 7) is 8.40. The molecule has 0 radical (unpaired) electrons. The van der Waals surface area contributed by atoms with Gasteiger partial charge in [0.25, 0.3) is 0 Å². The molecule has 0 bridgehead atoms. The van der Waals surface area contributed by atoms with Crippen molar-refractivity contribution in [1.82, 2.24) is 19.6 Å².